The highest BCUT2D eigenvalue weighted by molar-refractivity contribution is 6.18. The molecule has 0 saturated carbocycles. The van der Waals surface area contributed by atoms with E-state index in [9.17, 15) is 9.59 Å². The summed E-state index contributed by atoms with van der Waals surface area (Å²) in [4.78, 5) is 22.3. The first-order valence-corrected chi connectivity index (χ1v) is 5.37. The molecule has 3 heteroatoms. The van der Waals surface area contributed by atoms with E-state index in [1.807, 2.05) is 0 Å². The van der Waals surface area contributed by atoms with Crippen LogP contribution in [-0.2, 0) is 9.59 Å². The van der Waals surface area contributed by atoms with Crippen LogP contribution in [0.5, 0.6) is 0 Å². The smallest absolute Gasteiger partial charge is 0.339 e. The van der Waals surface area contributed by atoms with E-state index in [1.54, 1.807) is 6.08 Å². The first-order chi connectivity index (χ1) is 7.18. The molecule has 2 rings (SSSR count). The summed E-state index contributed by atoms with van der Waals surface area (Å²) in [5, 5.41) is 8.86. The molecule has 0 radical (unpaired) electrons. The van der Waals surface area contributed by atoms with E-state index in [0.717, 1.165) is 31.3 Å². The SMILES string of the molecule is O=C(O)C1=CC2=C(CCCCC2)CC1=O. The van der Waals surface area contributed by atoms with Crippen LogP contribution in [0.3, 0.4) is 0 Å². The monoisotopic (exact) mass is 206 g/mol. The molecular formula is C12H14O3. The van der Waals surface area contributed by atoms with Crippen molar-refractivity contribution in [2.75, 3.05) is 0 Å². The van der Waals surface area contributed by atoms with E-state index in [0.29, 0.717) is 6.42 Å². The first-order valence-electron chi connectivity index (χ1n) is 5.37. The molecule has 3 nitrogen and oxygen atoms in total. The van der Waals surface area contributed by atoms with Crippen LogP contribution in [0.15, 0.2) is 22.8 Å². The van der Waals surface area contributed by atoms with Crippen LogP contribution in [0.2, 0.25) is 0 Å². The Labute approximate surface area is 88.5 Å². The summed E-state index contributed by atoms with van der Waals surface area (Å²) in [6.07, 6.45) is 7.22. The summed E-state index contributed by atoms with van der Waals surface area (Å²) in [7, 11) is 0. The molecule has 0 amide bonds. The summed E-state index contributed by atoms with van der Waals surface area (Å²) >= 11 is 0. The van der Waals surface area contributed by atoms with Gasteiger partial charge < -0.3 is 5.11 Å². The van der Waals surface area contributed by atoms with Gasteiger partial charge in [-0.2, -0.15) is 0 Å². The minimum absolute atomic E-state index is 0.0318. The zero-order valence-electron chi connectivity index (χ0n) is 8.58. The fraction of sp³-hybridized carbons (Fsp3) is 0.500. The average molecular weight is 206 g/mol. The maximum atomic E-state index is 11.5. The van der Waals surface area contributed by atoms with Crippen LogP contribution in [0.4, 0.5) is 0 Å². The van der Waals surface area contributed by atoms with E-state index in [-0.39, 0.29) is 11.4 Å². The zero-order valence-corrected chi connectivity index (χ0v) is 8.58. The number of allylic oxidation sites excluding steroid dienone is 3. The number of ketones is 1. The summed E-state index contributed by atoms with van der Waals surface area (Å²) in [5.74, 6) is -1.32. The molecule has 0 atom stereocenters. The van der Waals surface area contributed by atoms with Gasteiger partial charge in [0.25, 0.3) is 0 Å². The third-order valence-electron chi connectivity index (χ3n) is 3.10. The van der Waals surface area contributed by atoms with E-state index >= 15 is 0 Å². The van der Waals surface area contributed by atoms with Gasteiger partial charge in [-0.05, 0) is 37.3 Å². The number of carbonyl (C=O) groups excluding carboxylic acids is 1. The van der Waals surface area contributed by atoms with E-state index < -0.39 is 5.97 Å². The highest BCUT2D eigenvalue weighted by Crippen LogP contribution is 2.31. The molecule has 2 aliphatic carbocycles. The lowest BCUT2D eigenvalue weighted by molar-refractivity contribution is -0.134. The molecule has 0 fully saturated rings. The van der Waals surface area contributed by atoms with Crippen molar-refractivity contribution in [2.24, 2.45) is 0 Å². The predicted molar refractivity (Wildman–Crippen MR) is 55.5 cm³/mol. The Kier molecular flexibility index (Phi) is 2.71. The van der Waals surface area contributed by atoms with Crippen molar-refractivity contribution in [3.8, 4) is 0 Å². The zero-order chi connectivity index (χ0) is 10.8. The maximum Gasteiger partial charge on any atom is 0.339 e. The van der Waals surface area contributed by atoms with Gasteiger partial charge in [0.2, 0.25) is 0 Å². The van der Waals surface area contributed by atoms with Crippen molar-refractivity contribution in [1.82, 2.24) is 0 Å². The van der Waals surface area contributed by atoms with E-state index in [2.05, 4.69) is 0 Å². The lowest BCUT2D eigenvalue weighted by Gasteiger charge is -2.15. The number of aliphatic carboxylic acids is 1. The normalized spacial score (nSPS) is 21.9. The van der Waals surface area contributed by atoms with Gasteiger partial charge in [0.15, 0.2) is 5.78 Å². The second kappa shape index (κ2) is 4.01. The second-order valence-electron chi connectivity index (χ2n) is 4.15. The van der Waals surface area contributed by atoms with Crippen molar-refractivity contribution in [3.63, 3.8) is 0 Å². The van der Waals surface area contributed by atoms with Crippen LogP contribution in [0.25, 0.3) is 0 Å². The fourth-order valence-corrected chi connectivity index (χ4v) is 2.27. The van der Waals surface area contributed by atoms with Gasteiger partial charge in [-0.1, -0.05) is 12.0 Å². The first kappa shape index (κ1) is 10.1. The maximum absolute atomic E-state index is 11.5. The molecule has 0 saturated heterocycles. The third-order valence-corrected chi connectivity index (χ3v) is 3.10. The van der Waals surface area contributed by atoms with Crippen molar-refractivity contribution in [3.05, 3.63) is 22.8 Å². The van der Waals surface area contributed by atoms with Crippen LogP contribution in [-0.4, -0.2) is 16.9 Å². The van der Waals surface area contributed by atoms with Gasteiger partial charge in [0.05, 0.1) is 0 Å². The Morgan fingerprint density at radius 3 is 2.67 bits per heavy atom. The molecule has 80 valence electrons. The van der Waals surface area contributed by atoms with Gasteiger partial charge in [-0.3, -0.25) is 4.79 Å². The minimum atomic E-state index is -1.09. The minimum Gasteiger partial charge on any atom is -0.478 e. The highest BCUT2D eigenvalue weighted by Gasteiger charge is 2.25. The average Bonchev–Trinajstić information content (AvgIpc) is 2.40. The number of carbonyl (C=O) groups is 2. The van der Waals surface area contributed by atoms with Gasteiger partial charge in [0, 0.05) is 6.42 Å². The van der Waals surface area contributed by atoms with E-state index in [4.69, 9.17) is 5.11 Å². The number of Topliss-reactive ketones (excluding diaryl/α,β-unsaturated/α-hetero) is 1. The Bertz CT molecular complexity index is 374. The van der Waals surface area contributed by atoms with Gasteiger partial charge in [0.1, 0.15) is 5.57 Å². The molecule has 0 aromatic rings. The molecule has 2 aliphatic rings. The van der Waals surface area contributed by atoms with Gasteiger partial charge in [-0.15, -0.1) is 0 Å². The Morgan fingerprint density at radius 2 is 1.93 bits per heavy atom. The molecule has 0 unspecified atom stereocenters. The molecular weight excluding hydrogens is 192 g/mol. The van der Waals surface area contributed by atoms with Crippen molar-refractivity contribution in [2.45, 2.75) is 38.5 Å². The largest absolute Gasteiger partial charge is 0.478 e. The summed E-state index contributed by atoms with van der Waals surface area (Å²) in [5.41, 5.74) is 2.24. The summed E-state index contributed by atoms with van der Waals surface area (Å²) < 4.78 is 0. The Morgan fingerprint density at radius 1 is 1.20 bits per heavy atom. The molecule has 15 heavy (non-hydrogen) atoms. The Hall–Kier alpha value is -1.38. The topological polar surface area (TPSA) is 54.4 Å². The number of carboxylic acid groups (broad SMARTS) is 1. The lowest BCUT2D eigenvalue weighted by atomic mass is 9.89. The second-order valence-corrected chi connectivity index (χ2v) is 4.15. The molecule has 0 aromatic heterocycles. The number of hydrogen-bond donors (Lipinski definition) is 1. The van der Waals surface area contributed by atoms with Crippen LogP contribution >= 0.6 is 0 Å². The quantitative estimate of drug-likeness (QED) is 0.669. The summed E-state index contributed by atoms with van der Waals surface area (Å²) in [6, 6.07) is 0. The highest BCUT2D eigenvalue weighted by atomic mass is 16.4. The fourth-order valence-electron chi connectivity index (χ4n) is 2.27. The van der Waals surface area contributed by atoms with Gasteiger partial charge in [-0.25, -0.2) is 4.79 Å². The van der Waals surface area contributed by atoms with Crippen molar-refractivity contribution < 1.29 is 14.7 Å². The number of carboxylic acids is 1. The van der Waals surface area contributed by atoms with E-state index in [1.165, 1.54) is 12.0 Å². The van der Waals surface area contributed by atoms with Crippen molar-refractivity contribution in [1.29, 1.82) is 0 Å². The molecule has 0 spiro atoms. The lowest BCUT2D eigenvalue weighted by Crippen LogP contribution is -2.17. The Balaban J connectivity index is 2.33. The third kappa shape index (κ3) is 2.01. The predicted octanol–water partition coefficient (Wildman–Crippen LogP) is 2.23. The molecule has 0 aromatic carbocycles. The summed E-state index contributed by atoms with van der Waals surface area (Å²) in [6.45, 7) is 0. The van der Waals surface area contributed by atoms with Crippen LogP contribution in [0.1, 0.15) is 38.5 Å². The van der Waals surface area contributed by atoms with Crippen LogP contribution < -0.4 is 0 Å². The molecule has 0 bridgehead atoms. The molecule has 0 aliphatic heterocycles. The number of rotatable bonds is 1. The molecule has 0 heterocycles. The van der Waals surface area contributed by atoms with Crippen molar-refractivity contribution >= 4 is 11.8 Å². The standard InChI is InChI=1S/C12H14O3/c13-11-7-9-5-3-1-2-4-8(9)6-10(11)12(14)15/h6H,1-5,7H2,(H,14,15). The molecule has 1 N–H and O–H groups in total. The van der Waals surface area contributed by atoms with Crippen LogP contribution in [0, 0.1) is 0 Å². The number of hydrogen-bond acceptors (Lipinski definition) is 2. The van der Waals surface area contributed by atoms with Gasteiger partial charge >= 0.3 is 5.97 Å².